The largest absolute Gasteiger partial charge is 0.189 e. The Bertz CT molecular complexity index is 483. The van der Waals surface area contributed by atoms with E-state index in [1.54, 1.807) is 0 Å². The second kappa shape index (κ2) is 5.22. The fourth-order valence-electron chi connectivity index (χ4n) is 1.03. The number of rotatable bonds is 0. The molecule has 3 rings (SSSR count). The SMILES string of the molecule is Cc1ccccc1.c1nnsc2nnnc1-2. The number of nitrogens with zero attached hydrogens (tertiary/aromatic N) is 5. The van der Waals surface area contributed by atoms with E-state index in [4.69, 9.17) is 0 Å². The van der Waals surface area contributed by atoms with Crippen molar-refractivity contribution in [2.75, 3.05) is 0 Å². The summed E-state index contributed by atoms with van der Waals surface area (Å²) in [5, 5.41) is 15.1. The van der Waals surface area contributed by atoms with Gasteiger partial charge in [0.15, 0.2) is 5.01 Å². The van der Waals surface area contributed by atoms with Gasteiger partial charge in [0, 0.05) is 11.5 Å². The van der Waals surface area contributed by atoms with Crippen molar-refractivity contribution in [3.05, 3.63) is 42.1 Å². The van der Waals surface area contributed by atoms with Crippen LogP contribution in [-0.4, -0.2) is 25.0 Å². The first-order valence-electron chi connectivity index (χ1n) is 4.64. The molecule has 0 saturated carbocycles. The molecule has 0 atom stereocenters. The van der Waals surface area contributed by atoms with Crippen LogP contribution in [0.1, 0.15) is 5.56 Å². The summed E-state index contributed by atoms with van der Waals surface area (Å²) in [6, 6.07) is 10.3. The molecule has 1 aromatic carbocycles. The van der Waals surface area contributed by atoms with Crippen LogP contribution in [0, 0.1) is 6.92 Å². The Labute approximate surface area is 96.7 Å². The van der Waals surface area contributed by atoms with Crippen LogP contribution in [0.15, 0.2) is 36.5 Å². The number of aryl methyl sites for hydroxylation is 1. The van der Waals surface area contributed by atoms with Gasteiger partial charge in [-0.15, -0.1) is 15.3 Å². The van der Waals surface area contributed by atoms with Crippen molar-refractivity contribution < 1.29 is 0 Å². The minimum absolute atomic E-state index is 0.704. The van der Waals surface area contributed by atoms with Crippen LogP contribution >= 0.6 is 11.5 Å². The molecule has 0 fully saturated rings. The molecule has 0 aliphatic carbocycles. The molecule has 2 heterocycles. The molecular weight excluding hydrogens is 222 g/mol. The summed E-state index contributed by atoms with van der Waals surface area (Å²) >= 11 is 1.19. The normalized spacial score (nSPS) is 9.56. The van der Waals surface area contributed by atoms with Gasteiger partial charge in [-0.05, 0) is 12.1 Å². The predicted octanol–water partition coefficient (Wildman–Crippen LogP) is 1.82. The summed E-state index contributed by atoms with van der Waals surface area (Å²) in [5.74, 6) is 0. The molecule has 1 aromatic rings. The van der Waals surface area contributed by atoms with Crippen LogP contribution in [0.4, 0.5) is 0 Å². The third-order valence-corrected chi connectivity index (χ3v) is 2.44. The van der Waals surface area contributed by atoms with E-state index >= 15 is 0 Å². The molecule has 0 amide bonds. The fourth-order valence-corrected chi connectivity index (χ4v) is 1.46. The van der Waals surface area contributed by atoms with Crippen LogP contribution in [0.5, 0.6) is 0 Å². The Hall–Kier alpha value is -1.95. The summed E-state index contributed by atoms with van der Waals surface area (Å²) in [6.07, 6.45) is 1.53. The van der Waals surface area contributed by atoms with Gasteiger partial charge < -0.3 is 0 Å². The number of hydrogen-bond acceptors (Lipinski definition) is 6. The average molecular weight is 231 g/mol. The molecule has 0 unspecified atom stereocenters. The van der Waals surface area contributed by atoms with E-state index in [0.717, 1.165) is 5.01 Å². The molecule has 0 radical (unpaired) electrons. The van der Waals surface area contributed by atoms with Crippen LogP contribution in [0.2, 0.25) is 0 Å². The van der Waals surface area contributed by atoms with Gasteiger partial charge in [0.2, 0.25) is 0 Å². The lowest BCUT2D eigenvalue weighted by molar-refractivity contribution is 0.954. The van der Waals surface area contributed by atoms with Crippen LogP contribution in [0.25, 0.3) is 10.7 Å². The standard InChI is InChI=1S/C7H8.C3HN5S/c1-7-5-3-2-4-6-7;1-2-3(6-7-5-2)9-8-4-1/h2-6H,1H3;1H. The summed E-state index contributed by atoms with van der Waals surface area (Å²) in [7, 11) is 0. The molecule has 0 N–H and O–H groups in total. The Morgan fingerprint density at radius 2 is 1.88 bits per heavy atom. The highest BCUT2D eigenvalue weighted by molar-refractivity contribution is 7.08. The molecule has 2 aliphatic rings. The summed E-state index contributed by atoms with van der Waals surface area (Å²) in [4.78, 5) is 0. The summed E-state index contributed by atoms with van der Waals surface area (Å²) in [6.45, 7) is 2.08. The van der Waals surface area contributed by atoms with Crippen molar-refractivity contribution in [3.8, 4) is 10.7 Å². The topological polar surface area (TPSA) is 64.5 Å². The molecule has 0 bridgehead atoms. The quantitative estimate of drug-likeness (QED) is 0.590. The van der Waals surface area contributed by atoms with Gasteiger partial charge in [-0.1, -0.05) is 40.4 Å². The van der Waals surface area contributed by atoms with Crippen LogP contribution < -0.4 is 0 Å². The molecule has 0 spiro atoms. The van der Waals surface area contributed by atoms with Crippen molar-refractivity contribution >= 4 is 11.5 Å². The third kappa shape index (κ3) is 2.77. The van der Waals surface area contributed by atoms with E-state index in [1.165, 1.54) is 23.3 Å². The van der Waals surface area contributed by atoms with Gasteiger partial charge in [0.1, 0.15) is 5.69 Å². The molecule has 16 heavy (non-hydrogen) atoms. The molecule has 5 nitrogen and oxygen atoms in total. The lowest BCUT2D eigenvalue weighted by Crippen LogP contribution is -1.78. The molecule has 80 valence electrons. The van der Waals surface area contributed by atoms with Gasteiger partial charge in [-0.2, -0.15) is 0 Å². The van der Waals surface area contributed by atoms with Crippen molar-refractivity contribution in [1.29, 1.82) is 0 Å². The zero-order chi connectivity index (χ0) is 11.2. The molecule has 2 aliphatic heterocycles. The minimum Gasteiger partial charge on any atom is -0.145 e. The number of benzene rings is 1. The number of hydrogen-bond donors (Lipinski definition) is 0. The average Bonchev–Trinajstić information content (AvgIpc) is 2.79. The maximum atomic E-state index is 3.67. The molecule has 0 aromatic heterocycles. The van der Waals surface area contributed by atoms with Crippen LogP contribution in [-0.2, 0) is 0 Å². The fraction of sp³-hybridized carbons (Fsp3) is 0.100. The first-order valence-corrected chi connectivity index (χ1v) is 5.41. The van der Waals surface area contributed by atoms with E-state index in [9.17, 15) is 0 Å². The van der Waals surface area contributed by atoms with Crippen molar-refractivity contribution in [2.24, 2.45) is 0 Å². The van der Waals surface area contributed by atoms with Gasteiger partial charge in [-0.3, -0.25) is 0 Å². The maximum Gasteiger partial charge on any atom is 0.189 e. The first-order chi connectivity index (χ1) is 7.86. The highest BCUT2D eigenvalue weighted by Crippen LogP contribution is 2.14. The van der Waals surface area contributed by atoms with E-state index in [1.807, 2.05) is 18.2 Å². The van der Waals surface area contributed by atoms with Gasteiger partial charge in [-0.25, -0.2) is 0 Å². The van der Waals surface area contributed by atoms with Crippen molar-refractivity contribution in [3.63, 3.8) is 0 Å². The van der Waals surface area contributed by atoms with Crippen LogP contribution in [0.3, 0.4) is 0 Å². The van der Waals surface area contributed by atoms with E-state index < -0.39 is 0 Å². The zero-order valence-corrected chi connectivity index (χ0v) is 9.42. The van der Waals surface area contributed by atoms with Crippen molar-refractivity contribution in [1.82, 2.24) is 25.0 Å². The number of fused-ring (bicyclic) bond motifs is 1. The Morgan fingerprint density at radius 3 is 2.50 bits per heavy atom. The van der Waals surface area contributed by atoms with Gasteiger partial charge in [0.05, 0.1) is 6.20 Å². The maximum absolute atomic E-state index is 3.67. The smallest absolute Gasteiger partial charge is 0.145 e. The van der Waals surface area contributed by atoms with E-state index in [0.29, 0.717) is 5.69 Å². The lowest BCUT2D eigenvalue weighted by atomic mass is 10.2. The summed E-state index contributed by atoms with van der Waals surface area (Å²) in [5.41, 5.74) is 2.03. The first kappa shape index (κ1) is 10.6. The highest BCUT2D eigenvalue weighted by atomic mass is 32.1. The molecular formula is C10H9N5S. The second-order valence-electron chi connectivity index (χ2n) is 3.05. The third-order valence-electron chi connectivity index (χ3n) is 1.80. The number of aromatic nitrogens is 5. The van der Waals surface area contributed by atoms with E-state index in [2.05, 4.69) is 44.1 Å². The van der Waals surface area contributed by atoms with Gasteiger partial charge >= 0.3 is 0 Å². The van der Waals surface area contributed by atoms with E-state index in [-0.39, 0.29) is 0 Å². The summed E-state index contributed by atoms with van der Waals surface area (Å²) < 4.78 is 3.63. The monoisotopic (exact) mass is 231 g/mol. The Kier molecular flexibility index (Phi) is 3.45. The van der Waals surface area contributed by atoms with Crippen molar-refractivity contribution in [2.45, 2.75) is 6.92 Å². The lowest BCUT2D eigenvalue weighted by Gasteiger charge is -1.82. The molecule has 6 heteroatoms. The Morgan fingerprint density at radius 1 is 1.06 bits per heavy atom. The zero-order valence-electron chi connectivity index (χ0n) is 8.61. The van der Waals surface area contributed by atoms with Gasteiger partial charge in [0.25, 0.3) is 0 Å². The predicted molar refractivity (Wildman–Crippen MR) is 61.1 cm³/mol. The minimum atomic E-state index is 0.704. The second-order valence-corrected chi connectivity index (χ2v) is 3.78. The molecule has 0 saturated heterocycles. The Balaban J connectivity index is 0.000000125. The highest BCUT2D eigenvalue weighted by Gasteiger charge is 2.05.